The van der Waals surface area contributed by atoms with Gasteiger partial charge in [0, 0.05) is 43.8 Å². The van der Waals surface area contributed by atoms with Gasteiger partial charge in [0.15, 0.2) is 5.82 Å². The van der Waals surface area contributed by atoms with Crippen LogP contribution in [-0.4, -0.2) is 76.4 Å². The van der Waals surface area contributed by atoms with E-state index in [9.17, 15) is 19.1 Å². The molecule has 0 bridgehead atoms. The second-order valence-corrected chi connectivity index (χ2v) is 9.63. The Labute approximate surface area is 212 Å². The summed E-state index contributed by atoms with van der Waals surface area (Å²) < 4.78 is 20.0. The molecule has 4 N–H and O–H groups in total. The SMILES string of the molecule is CC(C)(O)[C@H](F)CN1Cc2cc(NC(=O)C(=CN)c3ncc(Cl)cn3)c(N3CCOCC3)cc2C1=O. The number of rotatable bonds is 7. The van der Waals surface area contributed by atoms with E-state index in [1.54, 1.807) is 12.1 Å². The van der Waals surface area contributed by atoms with E-state index in [0.29, 0.717) is 53.8 Å². The van der Waals surface area contributed by atoms with Crippen molar-refractivity contribution < 1.29 is 23.8 Å². The molecule has 3 heterocycles. The number of morpholine rings is 1. The van der Waals surface area contributed by atoms with Gasteiger partial charge < -0.3 is 30.7 Å². The third-order valence-electron chi connectivity index (χ3n) is 6.12. The summed E-state index contributed by atoms with van der Waals surface area (Å²) in [7, 11) is 0. The molecule has 4 rings (SSSR count). The zero-order valence-corrected chi connectivity index (χ0v) is 20.8. The summed E-state index contributed by atoms with van der Waals surface area (Å²) >= 11 is 5.85. The number of ether oxygens (including phenoxy) is 1. The van der Waals surface area contributed by atoms with Crippen molar-refractivity contribution in [2.24, 2.45) is 5.73 Å². The Morgan fingerprint density at radius 3 is 2.61 bits per heavy atom. The molecular weight excluding hydrogens is 491 g/mol. The molecule has 2 amide bonds. The van der Waals surface area contributed by atoms with Crippen LogP contribution in [0.5, 0.6) is 0 Å². The number of carbonyl (C=O) groups excluding carboxylic acids is 2. The van der Waals surface area contributed by atoms with Crippen molar-refractivity contribution in [3.8, 4) is 0 Å². The number of fused-ring (bicyclic) bond motifs is 1. The molecule has 192 valence electrons. The molecular formula is C24H28ClFN6O4. The topological polar surface area (TPSA) is 134 Å². The zero-order chi connectivity index (χ0) is 26.0. The van der Waals surface area contributed by atoms with Crippen LogP contribution in [0, 0.1) is 0 Å². The highest BCUT2D eigenvalue weighted by molar-refractivity contribution is 6.30. The molecule has 2 aliphatic rings. The summed E-state index contributed by atoms with van der Waals surface area (Å²) in [6.45, 7) is 4.73. The molecule has 0 spiro atoms. The van der Waals surface area contributed by atoms with Gasteiger partial charge in [0.05, 0.1) is 47.3 Å². The maximum absolute atomic E-state index is 14.5. The van der Waals surface area contributed by atoms with Crippen LogP contribution in [0.4, 0.5) is 15.8 Å². The van der Waals surface area contributed by atoms with E-state index < -0.39 is 17.7 Å². The van der Waals surface area contributed by atoms with Crippen LogP contribution in [0.2, 0.25) is 5.02 Å². The minimum Gasteiger partial charge on any atom is -0.404 e. The van der Waals surface area contributed by atoms with Crippen molar-refractivity contribution in [2.75, 3.05) is 43.1 Å². The number of nitrogens with two attached hydrogens (primary N) is 1. The lowest BCUT2D eigenvalue weighted by atomic mass is 10.0. The maximum atomic E-state index is 14.5. The van der Waals surface area contributed by atoms with Gasteiger partial charge in [-0.1, -0.05) is 11.6 Å². The smallest absolute Gasteiger partial charge is 0.261 e. The van der Waals surface area contributed by atoms with E-state index in [4.69, 9.17) is 22.1 Å². The van der Waals surface area contributed by atoms with Crippen molar-refractivity contribution >= 4 is 40.4 Å². The molecule has 36 heavy (non-hydrogen) atoms. The average Bonchev–Trinajstić information content (AvgIpc) is 3.14. The number of benzene rings is 1. The fourth-order valence-corrected chi connectivity index (χ4v) is 4.13. The van der Waals surface area contributed by atoms with Gasteiger partial charge in [0.25, 0.3) is 11.8 Å². The number of nitrogens with zero attached hydrogens (tertiary/aromatic N) is 4. The van der Waals surface area contributed by atoms with Gasteiger partial charge in [0.2, 0.25) is 0 Å². The number of hydrogen-bond donors (Lipinski definition) is 3. The van der Waals surface area contributed by atoms with E-state index in [1.165, 1.54) is 31.1 Å². The van der Waals surface area contributed by atoms with Gasteiger partial charge in [-0.15, -0.1) is 0 Å². The summed E-state index contributed by atoms with van der Waals surface area (Å²) in [5.74, 6) is -0.766. The first-order valence-electron chi connectivity index (χ1n) is 11.4. The number of halogens is 2. The number of anilines is 2. The molecule has 2 aromatic rings. The lowest BCUT2D eigenvalue weighted by Gasteiger charge is -2.31. The molecule has 2 aliphatic heterocycles. The van der Waals surface area contributed by atoms with Gasteiger partial charge in [-0.05, 0) is 31.5 Å². The highest BCUT2D eigenvalue weighted by atomic mass is 35.5. The van der Waals surface area contributed by atoms with Gasteiger partial charge in [-0.25, -0.2) is 14.4 Å². The highest BCUT2D eigenvalue weighted by Crippen LogP contribution is 2.36. The first-order valence-corrected chi connectivity index (χ1v) is 11.8. The van der Waals surface area contributed by atoms with Gasteiger partial charge in [0.1, 0.15) is 6.17 Å². The summed E-state index contributed by atoms with van der Waals surface area (Å²) in [6.07, 6.45) is 2.22. The van der Waals surface area contributed by atoms with Gasteiger partial charge in [-0.2, -0.15) is 0 Å². The molecule has 0 aliphatic carbocycles. The molecule has 0 radical (unpaired) electrons. The van der Waals surface area contributed by atoms with E-state index in [1.807, 2.05) is 4.90 Å². The lowest BCUT2D eigenvalue weighted by Crippen LogP contribution is -2.42. The van der Waals surface area contributed by atoms with Gasteiger partial charge in [-0.3, -0.25) is 9.59 Å². The van der Waals surface area contributed by atoms with Crippen molar-refractivity contribution in [1.29, 1.82) is 0 Å². The first kappa shape index (κ1) is 25.8. The van der Waals surface area contributed by atoms with Crippen LogP contribution in [0.25, 0.3) is 5.57 Å². The third-order valence-corrected chi connectivity index (χ3v) is 6.32. The zero-order valence-electron chi connectivity index (χ0n) is 20.0. The molecule has 0 saturated carbocycles. The third kappa shape index (κ3) is 5.43. The maximum Gasteiger partial charge on any atom is 0.261 e. The quantitative estimate of drug-likeness (QED) is 0.474. The number of aliphatic hydroxyl groups is 1. The second-order valence-electron chi connectivity index (χ2n) is 9.19. The van der Waals surface area contributed by atoms with Crippen LogP contribution < -0.4 is 16.0 Å². The largest absolute Gasteiger partial charge is 0.404 e. The van der Waals surface area contributed by atoms with E-state index in [0.717, 1.165) is 6.20 Å². The Morgan fingerprint density at radius 1 is 1.33 bits per heavy atom. The highest BCUT2D eigenvalue weighted by Gasteiger charge is 2.35. The van der Waals surface area contributed by atoms with Crippen molar-refractivity contribution in [1.82, 2.24) is 14.9 Å². The predicted molar refractivity (Wildman–Crippen MR) is 133 cm³/mol. The lowest BCUT2D eigenvalue weighted by molar-refractivity contribution is -0.111. The van der Waals surface area contributed by atoms with Crippen molar-refractivity contribution in [3.05, 3.63) is 52.7 Å². The minimum atomic E-state index is -1.62. The van der Waals surface area contributed by atoms with Crippen LogP contribution in [0.3, 0.4) is 0 Å². The standard InChI is InChI=1S/C24H28ClFN6O4/c1-24(2,35)20(26)13-32-12-14-7-18(19(8-16(14)23(32)34)31-3-5-36-6-4-31)30-22(33)17(9-27)21-28-10-15(25)11-29-21/h7-11,20,35H,3-6,12-13,27H2,1-2H3,(H,30,33)/t20-/m1/s1. The normalized spacial score (nSPS) is 17.2. The molecule has 1 aromatic carbocycles. The number of amides is 2. The summed E-state index contributed by atoms with van der Waals surface area (Å²) in [5, 5.41) is 13.2. The number of hydrogen-bond acceptors (Lipinski definition) is 8. The molecule has 1 fully saturated rings. The minimum absolute atomic E-state index is 0.0447. The Kier molecular flexibility index (Phi) is 7.43. The molecule has 1 aromatic heterocycles. The van der Waals surface area contributed by atoms with Crippen LogP contribution in [0.15, 0.2) is 30.7 Å². The second kappa shape index (κ2) is 10.4. The van der Waals surface area contributed by atoms with Crippen molar-refractivity contribution in [3.63, 3.8) is 0 Å². The molecule has 12 heteroatoms. The summed E-state index contributed by atoms with van der Waals surface area (Å²) in [4.78, 5) is 37.8. The van der Waals surface area contributed by atoms with Crippen molar-refractivity contribution in [2.45, 2.75) is 32.2 Å². The van der Waals surface area contributed by atoms with E-state index in [-0.39, 0.29) is 30.4 Å². The van der Waals surface area contributed by atoms with Crippen LogP contribution in [0.1, 0.15) is 35.6 Å². The molecule has 0 unspecified atom stereocenters. The summed E-state index contributed by atoms with van der Waals surface area (Å²) in [6, 6.07) is 3.42. The monoisotopic (exact) mass is 518 g/mol. The fraction of sp³-hybridized carbons (Fsp3) is 0.417. The molecule has 1 saturated heterocycles. The first-order chi connectivity index (χ1) is 17.1. The molecule has 10 nitrogen and oxygen atoms in total. The molecule has 1 atom stereocenters. The fourth-order valence-electron chi connectivity index (χ4n) is 4.03. The summed E-state index contributed by atoms with van der Waals surface area (Å²) in [5.41, 5.74) is 6.33. The van der Waals surface area contributed by atoms with E-state index >= 15 is 0 Å². The predicted octanol–water partition coefficient (Wildman–Crippen LogP) is 1.97. The number of aromatic nitrogens is 2. The Bertz CT molecular complexity index is 1180. The van der Waals surface area contributed by atoms with E-state index in [2.05, 4.69) is 15.3 Å². The average molecular weight is 519 g/mol. The number of alkyl halides is 1. The Hall–Kier alpha value is -3.28. The Morgan fingerprint density at radius 2 is 2.00 bits per heavy atom. The van der Waals surface area contributed by atoms with Gasteiger partial charge >= 0.3 is 0 Å². The number of carbonyl (C=O) groups is 2. The van der Waals surface area contributed by atoms with Crippen LogP contribution >= 0.6 is 11.6 Å². The van der Waals surface area contributed by atoms with Crippen LogP contribution in [-0.2, 0) is 16.1 Å². The number of nitrogens with one attached hydrogen (secondary N) is 1. The Balaban J connectivity index is 1.65.